The number of hydrogen-bond donors (Lipinski definition) is 3. The van der Waals surface area contributed by atoms with E-state index in [9.17, 15) is 15.0 Å². The number of benzene rings is 1. The molecule has 2 saturated carbocycles. The summed E-state index contributed by atoms with van der Waals surface area (Å²) < 4.78 is 6.55. The van der Waals surface area contributed by atoms with Crippen molar-refractivity contribution in [2.45, 2.75) is 93.9 Å². The van der Waals surface area contributed by atoms with Crippen LogP contribution in [0.4, 0.5) is 0 Å². The predicted octanol–water partition coefficient (Wildman–Crippen LogP) is 3.43. The van der Waals surface area contributed by atoms with Gasteiger partial charge in [-0.05, 0) is 62.6 Å². The lowest BCUT2D eigenvalue weighted by atomic mass is 9.48. The second kappa shape index (κ2) is 7.99. The van der Waals surface area contributed by atoms with Gasteiger partial charge in [-0.25, -0.2) is 0 Å². The monoisotopic (exact) mass is 466 g/mol. The van der Waals surface area contributed by atoms with Crippen LogP contribution in [0.1, 0.15) is 69.4 Å². The first kappa shape index (κ1) is 22.4. The third-order valence-corrected chi connectivity index (χ3v) is 10.0. The van der Waals surface area contributed by atoms with Gasteiger partial charge in [-0.15, -0.1) is 6.58 Å². The molecule has 1 spiro atoms. The quantitative estimate of drug-likeness (QED) is 0.579. The molecule has 0 radical (unpaired) electrons. The van der Waals surface area contributed by atoms with Gasteiger partial charge in [0.1, 0.15) is 6.10 Å². The lowest BCUT2D eigenvalue weighted by molar-refractivity contribution is -0.190. The molecule has 3 N–H and O–H groups in total. The molecule has 6 rings (SSSR count). The third kappa shape index (κ3) is 2.91. The summed E-state index contributed by atoms with van der Waals surface area (Å²) in [4.78, 5) is 15.7. The van der Waals surface area contributed by atoms with E-state index < -0.39 is 11.0 Å². The molecule has 3 unspecified atom stereocenters. The van der Waals surface area contributed by atoms with E-state index >= 15 is 0 Å². The van der Waals surface area contributed by atoms with Crippen LogP contribution in [0.2, 0.25) is 0 Å². The highest BCUT2D eigenvalue weighted by Gasteiger charge is 2.73. The van der Waals surface area contributed by atoms with Gasteiger partial charge in [0.2, 0.25) is 5.91 Å². The number of nitrogens with zero attached hydrogens (tertiary/aromatic N) is 1. The number of amides is 1. The van der Waals surface area contributed by atoms with Gasteiger partial charge in [-0.2, -0.15) is 0 Å². The van der Waals surface area contributed by atoms with Crippen molar-refractivity contribution < 1.29 is 19.7 Å². The van der Waals surface area contributed by atoms with Crippen molar-refractivity contribution >= 4 is 5.91 Å². The van der Waals surface area contributed by atoms with Crippen LogP contribution < -0.4 is 10.1 Å². The summed E-state index contributed by atoms with van der Waals surface area (Å²) in [6.45, 7) is 7.59. The molecule has 2 aliphatic heterocycles. The molecule has 34 heavy (non-hydrogen) atoms. The minimum atomic E-state index is -0.957. The number of ether oxygens (including phenoxy) is 1. The summed E-state index contributed by atoms with van der Waals surface area (Å²) in [6, 6.07) is 3.52. The van der Waals surface area contributed by atoms with Crippen LogP contribution in [0, 0.1) is 11.8 Å². The number of phenolic OH excluding ortho intramolecular Hbond substituents is 1. The molecule has 6 atom stereocenters. The van der Waals surface area contributed by atoms with Crippen LogP contribution >= 0.6 is 0 Å². The van der Waals surface area contributed by atoms with Gasteiger partial charge in [-0.1, -0.05) is 38.3 Å². The fourth-order valence-corrected chi connectivity index (χ4v) is 8.33. The Labute approximate surface area is 202 Å². The SMILES string of the molecule is C=CCN1CC[C@]23c4c5ccc(O)c4OC2C(NC(=O)C(C)C2CCCCC2)CC[C@@]3(O)[C@H]1C5. The predicted molar refractivity (Wildman–Crippen MR) is 130 cm³/mol. The number of carbonyl (C=O) groups is 1. The van der Waals surface area contributed by atoms with Crippen molar-refractivity contribution in [1.82, 2.24) is 10.2 Å². The Hall–Kier alpha value is -2.05. The van der Waals surface area contributed by atoms with Crippen LogP contribution in [-0.4, -0.2) is 57.9 Å². The minimum Gasteiger partial charge on any atom is -0.504 e. The summed E-state index contributed by atoms with van der Waals surface area (Å²) >= 11 is 0. The molecule has 2 bridgehead atoms. The number of rotatable bonds is 5. The minimum absolute atomic E-state index is 0.0140. The fraction of sp³-hybridized carbons (Fsp3) is 0.679. The van der Waals surface area contributed by atoms with E-state index in [1.165, 1.54) is 19.3 Å². The molecular weight excluding hydrogens is 428 g/mol. The largest absolute Gasteiger partial charge is 0.504 e. The summed E-state index contributed by atoms with van der Waals surface area (Å²) in [5, 5.41) is 26.5. The molecule has 0 aromatic heterocycles. The smallest absolute Gasteiger partial charge is 0.223 e. The summed E-state index contributed by atoms with van der Waals surface area (Å²) in [5.41, 5.74) is 0.581. The molecular formula is C28H38N2O4. The van der Waals surface area contributed by atoms with E-state index in [1.54, 1.807) is 6.07 Å². The first-order valence-electron chi connectivity index (χ1n) is 13.3. The van der Waals surface area contributed by atoms with Crippen molar-refractivity contribution in [3.8, 4) is 11.5 Å². The second-order valence-electron chi connectivity index (χ2n) is 11.5. The van der Waals surface area contributed by atoms with Crippen LogP contribution in [0.3, 0.4) is 0 Å². The van der Waals surface area contributed by atoms with Crippen LogP contribution in [0.15, 0.2) is 24.8 Å². The van der Waals surface area contributed by atoms with Crippen LogP contribution in [-0.2, 0) is 16.6 Å². The Morgan fingerprint density at radius 2 is 2.09 bits per heavy atom. The number of nitrogens with one attached hydrogen (secondary N) is 1. The highest BCUT2D eigenvalue weighted by atomic mass is 16.5. The normalized spacial score (nSPS) is 37.4. The van der Waals surface area contributed by atoms with Gasteiger partial charge < -0.3 is 20.3 Å². The van der Waals surface area contributed by atoms with Crippen LogP contribution in [0.25, 0.3) is 0 Å². The van der Waals surface area contributed by atoms with Crippen molar-refractivity contribution in [3.05, 3.63) is 35.9 Å². The van der Waals surface area contributed by atoms with Crippen LogP contribution in [0.5, 0.6) is 11.5 Å². The molecule has 5 aliphatic rings. The Morgan fingerprint density at radius 3 is 2.85 bits per heavy atom. The number of carbonyl (C=O) groups excluding carboxylic acids is 1. The van der Waals surface area contributed by atoms with Gasteiger partial charge in [0.25, 0.3) is 0 Å². The summed E-state index contributed by atoms with van der Waals surface area (Å²) in [6.07, 6.45) is 10.3. The number of likely N-dealkylation sites (tertiary alicyclic amines) is 1. The van der Waals surface area contributed by atoms with Gasteiger partial charge in [-0.3, -0.25) is 9.69 Å². The molecule has 184 valence electrons. The standard InChI is InChI=1S/C28H38N2O4/c1-3-14-30-15-13-27-23-19-9-10-21(31)24(23)34-25(27)20(11-12-28(27,33)22(30)16-19)29-26(32)17(2)18-7-5-4-6-8-18/h3,9-10,17-18,20,22,25,31,33H,1,4-8,11-16H2,2H3,(H,29,32)/t17?,20?,22-,25?,27+,28-/m1/s1. The van der Waals surface area contributed by atoms with Crippen molar-refractivity contribution in [2.75, 3.05) is 13.1 Å². The average molecular weight is 467 g/mol. The highest BCUT2D eigenvalue weighted by molar-refractivity contribution is 5.79. The van der Waals surface area contributed by atoms with Gasteiger partial charge in [0, 0.05) is 24.1 Å². The Bertz CT molecular complexity index is 1000. The maximum Gasteiger partial charge on any atom is 0.223 e. The second-order valence-corrected chi connectivity index (χ2v) is 11.5. The van der Waals surface area contributed by atoms with Gasteiger partial charge >= 0.3 is 0 Å². The number of phenols is 1. The number of aliphatic hydroxyl groups is 1. The van der Waals surface area contributed by atoms with Crippen molar-refractivity contribution in [2.24, 2.45) is 11.8 Å². The molecule has 6 heteroatoms. The highest BCUT2D eigenvalue weighted by Crippen LogP contribution is 2.65. The first-order valence-corrected chi connectivity index (χ1v) is 13.3. The van der Waals surface area contributed by atoms with E-state index in [1.807, 2.05) is 12.1 Å². The molecule has 6 nitrogen and oxygen atoms in total. The fourth-order valence-electron chi connectivity index (χ4n) is 8.33. The van der Waals surface area contributed by atoms with Gasteiger partial charge in [0.15, 0.2) is 11.5 Å². The maximum atomic E-state index is 13.4. The van der Waals surface area contributed by atoms with Crippen molar-refractivity contribution in [1.29, 1.82) is 0 Å². The Morgan fingerprint density at radius 1 is 1.29 bits per heavy atom. The lowest BCUT2D eigenvalue weighted by Crippen LogP contribution is -2.78. The molecule has 1 aromatic rings. The zero-order valence-electron chi connectivity index (χ0n) is 20.3. The first-order chi connectivity index (χ1) is 16.4. The number of piperidine rings is 1. The summed E-state index contributed by atoms with van der Waals surface area (Å²) in [5.74, 6) is 1.21. The third-order valence-electron chi connectivity index (χ3n) is 10.0. The van der Waals surface area contributed by atoms with E-state index in [-0.39, 0.29) is 35.8 Å². The zero-order chi connectivity index (χ0) is 23.7. The Balaban J connectivity index is 1.36. The molecule has 3 aliphatic carbocycles. The number of aromatic hydroxyl groups is 1. The van der Waals surface area contributed by atoms with Gasteiger partial charge in [0.05, 0.1) is 17.1 Å². The van der Waals surface area contributed by atoms with Crippen molar-refractivity contribution in [3.63, 3.8) is 0 Å². The molecule has 3 fully saturated rings. The lowest BCUT2D eigenvalue weighted by Gasteiger charge is -2.64. The van der Waals surface area contributed by atoms with E-state index in [2.05, 4.69) is 23.7 Å². The maximum absolute atomic E-state index is 13.4. The Kier molecular flexibility index (Phi) is 5.27. The number of hydrogen-bond acceptors (Lipinski definition) is 5. The molecule has 1 amide bonds. The zero-order valence-corrected chi connectivity index (χ0v) is 20.3. The molecule has 1 saturated heterocycles. The molecule has 1 aromatic carbocycles. The van der Waals surface area contributed by atoms with E-state index in [0.29, 0.717) is 24.5 Å². The molecule has 2 heterocycles. The average Bonchev–Trinajstić information content (AvgIpc) is 3.20. The summed E-state index contributed by atoms with van der Waals surface area (Å²) in [7, 11) is 0. The topological polar surface area (TPSA) is 82.0 Å². The van der Waals surface area contributed by atoms with E-state index in [0.717, 1.165) is 49.9 Å². The van der Waals surface area contributed by atoms with E-state index in [4.69, 9.17) is 4.74 Å².